The maximum atomic E-state index is 0. The Labute approximate surface area is 101 Å². The maximum Gasteiger partial charge on any atom is 0 e. The van der Waals surface area contributed by atoms with Crippen molar-refractivity contribution in [3.8, 4) is 0 Å². The topological polar surface area (TPSA) is 0 Å². The van der Waals surface area contributed by atoms with Crippen molar-refractivity contribution >= 4 is 84.6 Å². The van der Waals surface area contributed by atoms with Gasteiger partial charge >= 0.3 is 0 Å². The van der Waals surface area contributed by atoms with Crippen LogP contribution in [-0.2, 0) is 19.5 Å². The van der Waals surface area contributed by atoms with E-state index in [0.29, 0.717) is 0 Å². The molecule has 0 unspecified atom stereocenters. The second-order valence-corrected chi connectivity index (χ2v) is 0. The quantitative estimate of drug-likeness (QED) is 0.435. The molecule has 0 nitrogen and oxygen atoms in total. The molecule has 0 saturated heterocycles. The van der Waals surface area contributed by atoms with Gasteiger partial charge in [0.25, 0.3) is 0 Å². The van der Waals surface area contributed by atoms with Gasteiger partial charge in [-0.05, 0) is 0 Å². The van der Waals surface area contributed by atoms with Gasteiger partial charge in [0, 0.05) is 104 Å². The molecule has 0 fully saturated rings. The molecular weight excluding hydrogens is 421 g/mol. The molecular formula is BBaPbZn. The van der Waals surface area contributed by atoms with E-state index in [1.807, 2.05) is 0 Å². The summed E-state index contributed by atoms with van der Waals surface area (Å²) in [6.07, 6.45) is 0. The van der Waals surface area contributed by atoms with Gasteiger partial charge in [0.05, 0.1) is 0 Å². The Morgan fingerprint density at radius 1 is 1.00 bits per heavy atom. The molecule has 0 aromatic rings. The largest absolute Gasteiger partial charge is 0 e. The van der Waals surface area contributed by atoms with Gasteiger partial charge in [-0.15, -0.1) is 0 Å². The first-order valence-electron chi connectivity index (χ1n) is 0. The normalized spacial score (nSPS) is 0. The predicted octanol–water partition coefficient (Wildman–Crippen LogP) is -1.14. The van der Waals surface area contributed by atoms with Crippen LogP contribution in [0.2, 0.25) is 0 Å². The molecule has 0 amide bonds. The van der Waals surface area contributed by atoms with E-state index in [9.17, 15) is 0 Å². The zero-order valence-electron chi connectivity index (χ0n) is 2.49. The van der Waals surface area contributed by atoms with Gasteiger partial charge in [-0.1, -0.05) is 0 Å². The molecule has 0 atom stereocenters. The molecule has 4 heteroatoms. The molecule has 9 radical (unpaired) electrons. The van der Waals surface area contributed by atoms with Crippen molar-refractivity contribution in [1.82, 2.24) is 0 Å². The van der Waals surface area contributed by atoms with Crippen LogP contribution < -0.4 is 0 Å². The van der Waals surface area contributed by atoms with Crippen LogP contribution in [0.15, 0.2) is 0 Å². The van der Waals surface area contributed by atoms with E-state index < -0.39 is 0 Å². The predicted molar refractivity (Wildman–Crippen MR) is 17.3 cm³/mol. The standard InChI is InChI=1S/B.Ba.Pb.Zn. The molecule has 0 bridgehead atoms. The van der Waals surface area contributed by atoms with Gasteiger partial charge in [-0.25, -0.2) is 0 Å². The Hall–Kier alpha value is 3.18. The summed E-state index contributed by atoms with van der Waals surface area (Å²) in [4.78, 5) is 0. The van der Waals surface area contributed by atoms with Gasteiger partial charge in [-0.2, -0.15) is 0 Å². The van der Waals surface area contributed by atoms with E-state index in [1.54, 1.807) is 0 Å². The summed E-state index contributed by atoms with van der Waals surface area (Å²) in [5, 5.41) is 0. The molecule has 0 heterocycles. The summed E-state index contributed by atoms with van der Waals surface area (Å²) in [5.41, 5.74) is 0. The van der Waals surface area contributed by atoms with E-state index in [0.717, 1.165) is 0 Å². The molecule has 0 aliphatic rings. The minimum atomic E-state index is 0. The van der Waals surface area contributed by atoms with Crippen molar-refractivity contribution in [3.05, 3.63) is 0 Å². The second kappa shape index (κ2) is 16.4. The molecule has 0 saturated carbocycles. The van der Waals surface area contributed by atoms with Crippen LogP contribution in [0.3, 0.4) is 0 Å². The summed E-state index contributed by atoms with van der Waals surface area (Å²) in [5.74, 6) is 0. The Kier molecular flexibility index (Phi) is 111. The van der Waals surface area contributed by atoms with Crippen molar-refractivity contribution in [3.63, 3.8) is 0 Å². The second-order valence-electron chi connectivity index (χ2n) is 0. The van der Waals surface area contributed by atoms with Crippen molar-refractivity contribution in [2.45, 2.75) is 0 Å². The van der Waals surface area contributed by atoms with E-state index in [2.05, 4.69) is 0 Å². The molecule has 0 aliphatic heterocycles. The maximum absolute atomic E-state index is 0. The summed E-state index contributed by atoms with van der Waals surface area (Å²) in [6, 6.07) is 0. The van der Waals surface area contributed by atoms with E-state index in [1.165, 1.54) is 0 Å². The zero-order chi connectivity index (χ0) is 0. The van der Waals surface area contributed by atoms with Crippen LogP contribution in [0.25, 0.3) is 0 Å². The summed E-state index contributed by atoms with van der Waals surface area (Å²) in [7, 11) is 0. The molecule has 4 heavy (non-hydrogen) atoms. The number of rotatable bonds is 0. The first-order valence-corrected chi connectivity index (χ1v) is 0. The first-order chi connectivity index (χ1) is 0. The molecule has 0 N–H and O–H groups in total. The summed E-state index contributed by atoms with van der Waals surface area (Å²) < 4.78 is 0. The fourth-order valence-corrected chi connectivity index (χ4v) is 0. The molecule has 0 aliphatic carbocycles. The SMILES string of the molecule is [B].[Ba].[Pb].[Zn]. The summed E-state index contributed by atoms with van der Waals surface area (Å²) in [6.45, 7) is 0. The third-order valence-corrected chi connectivity index (χ3v) is 0. The fraction of sp³-hybridized carbons (Fsp3) is 0. The van der Waals surface area contributed by atoms with Crippen molar-refractivity contribution in [1.29, 1.82) is 0 Å². The Morgan fingerprint density at radius 2 is 1.00 bits per heavy atom. The molecule has 0 rings (SSSR count). The Bertz CT molecular complexity index is 8.00. The van der Waals surface area contributed by atoms with E-state index in [-0.39, 0.29) is 104 Å². The van der Waals surface area contributed by atoms with Crippen LogP contribution in [-0.4, -0.2) is 84.6 Å². The van der Waals surface area contributed by atoms with Crippen molar-refractivity contribution in [2.75, 3.05) is 0 Å². The summed E-state index contributed by atoms with van der Waals surface area (Å²) >= 11 is 0. The van der Waals surface area contributed by atoms with Crippen LogP contribution in [0.1, 0.15) is 0 Å². The fourth-order valence-electron chi connectivity index (χ4n) is 0. The smallest absolute Gasteiger partial charge is 0 e. The Balaban J connectivity index is 0. The Morgan fingerprint density at radius 3 is 1.00 bits per heavy atom. The van der Waals surface area contributed by atoms with Gasteiger partial charge in [-0.3, -0.25) is 0 Å². The van der Waals surface area contributed by atoms with Gasteiger partial charge < -0.3 is 0 Å². The van der Waals surface area contributed by atoms with E-state index in [4.69, 9.17) is 0 Å². The van der Waals surface area contributed by atoms with Crippen LogP contribution >= 0.6 is 0 Å². The van der Waals surface area contributed by atoms with Crippen molar-refractivity contribution in [2.24, 2.45) is 0 Å². The average molecular weight is 421 g/mol. The molecule has 11 valence electrons. The number of hydrogen-bond acceptors (Lipinski definition) is 0. The molecule has 0 aromatic heterocycles. The van der Waals surface area contributed by atoms with Crippen LogP contribution in [0.4, 0.5) is 0 Å². The van der Waals surface area contributed by atoms with Gasteiger partial charge in [0.15, 0.2) is 0 Å². The minimum Gasteiger partial charge on any atom is 0 e. The molecule has 0 spiro atoms. The van der Waals surface area contributed by atoms with Crippen LogP contribution in [0.5, 0.6) is 0 Å². The van der Waals surface area contributed by atoms with E-state index >= 15 is 0 Å². The molecule has 0 aromatic carbocycles. The third kappa shape index (κ3) is 8.95. The van der Waals surface area contributed by atoms with Crippen molar-refractivity contribution < 1.29 is 19.5 Å². The first kappa shape index (κ1) is 27.1. The zero-order valence-corrected chi connectivity index (χ0v) is 13.8. The minimum absolute atomic E-state index is 0. The van der Waals surface area contributed by atoms with Crippen LogP contribution in [0, 0.1) is 0 Å². The number of hydrogen-bond donors (Lipinski definition) is 0. The monoisotopic (exact) mass is 421 g/mol. The van der Waals surface area contributed by atoms with Gasteiger partial charge in [0.1, 0.15) is 0 Å². The average Bonchev–Trinajstić information content (AvgIpc) is 0. The van der Waals surface area contributed by atoms with Gasteiger partial charge in [0.2, 0.25) is 0 Å². The third-order valence-electron chi connectivity index (χ3n) is 0.